The number of nitriles is 1. The highest BCUT2D eigenvalue weighted by Gasteiger charge is 2.34. The Kier molecular flexibility index (Phi) is 4.72. The van der Waals surface area contributed by atoms with Gasteiger partial charge in [-0.15, -0.1) is 0 Å². The molecule has 0 aromatic carbocycles. The summed E-state index contributed by atoms with van der Waals surface area (Å²) in [6.07, 6.45) is 8.81. The van der Waals surface area contributed by atoms with E-state index in [1.807, 2.05) is 6.07 Å². The number of hydrogen-bond acceptors (Lipinski definition) is 8. The summed E-state index contributed by atoms with van der Waals surface area (Å²) in [5.41, 5.74) is 2.64. The second kappa shape index (κ2) is 7.52. The molecule has 9 heteroatoms. The SMILES string of the molecule is N#CC1CCN(c2nccnc2C2CN(c3ncc4ncc(Br)cc4n3)C2)CC1. The normalized spacial score (nSPS) is 17.9. The molecule has 0 aliphatic carbocycles. The summed E-state index contributed by atoms with van der Waals surface area (Å²) < 4.78 is 0.903. The number of nitrogens with zero attached hydrogens (tertiary/aromatic N) is 8. The molecule has 2 aliphatic heterocycles. The fraction of sp³-hybridized carbons (Fsp3) is 0.400. The molecule has 5 heterocycles. The Bertz CT molecular complexity index is 1080. The molecule has 3 aromatic heterocycles. The fourth-order valence-electron chi connectivity index (χ4n) is 3.94. The van der Waals surface area contributed by atoms with Crippen LogP contribution in [0.5, 0.6) is 0 Å². The van der Waals surface area contributed by atoms with Gasteiger partial charge in [-0.05, 0) is 34.8 Å². The molecule has 2 fully saturated rings. The molecule has 0 atom stereocenters. The van der Waals surface area contributed by atoms with E-state index >= 15 is 0 Å². The average molecular weight is 451 g/mol. The third kappa shape index (κ3) is 3.49. The van der Waals surface area contributed by atoms with Crippen molar-refractivity contribution in [3.8, 4) is 6.07 Å². The molecule has 0 unspecified atom stereocenters. The fourth-order valence-corrected chi connectivity index (χ4v) is 4.26. The van der Waals surface area contributed by atoms with Gasteiger partial charge in [0, 0.05) is 61.1 Å². The smallest absolute Gasteiger partial charge is 0.226 e. The van der Waals surface area contributed by atoms with Crippen LogP contribution in [0, 0.1) is 17.2 Å². The van der Waals surface area contributed by atoms with E-state index in [1.54, 1.807) is 24.8 Å². The van der Waals surface area contributed by atoms with E-state index < -0.39 is 0 Å². The van der Waals surface area contributed by atoms with Crippen molar-refractivity contribution in [1.82, 2.24) is 24.9 Å². The highest BCUT2D eigenvalue weighted by Crippen LogP contribution is 2.34. The lowest BCUT2D eigenvalue weighted by Gasteiger charge is -2.40. The van der Waals surface area contributed by atoms with Crippen LogP contribution < -0.4 is 9.80 Å². The van der Waals surface area contributed by atoms with Crippen LogP contribution in [0.15, 0.2) is 35.3 Å². The van der Waals surface area contributed by atoms with E-state index in [2.05, 4.69) is 56.7 Å². The van der Waals surface area contributed by atoms with Crippen molar-refractivity contribution in [2.45, 2.75) is 18.8 Å². The zero-order chi connectivity index (χ0) is 19.8. The van der Waals surface area contributed by atoms with Gasteiger partial charge < -0.3 is 9.80 Å². The van der Waals surface area contributed by atoms with Gasteiger partial charge in [-0.1, -0.05) is 0 Å². The topological polar surface area (TPSA) is 94.7 Å². The number of fused-ring (bicyclic) bond motifs is 1. The quantitative estimate of drug-likeness (QED) is 0.600. The van der Waals surface area contributed by atoms with Crippen LogP contribution in [-0.4, -0.2) is 51.1 Å². The minimum absolute atomic E-state index is 0.158. The van der Waals surface area contributed by atoms with Crippen molar-refractivity contribution in [1.29, 1.82) is 5.26 Å². The number of aromatic nitrogens is 5. The lowest BCUT2D eigenvalue weighted by molar-refractivity contribution is 0.472. The molecule has 0 radical (unpaired) electrons. The minimum atomic E-state index is 0.158. The molecule has 0 N–H and O–H groups in total. The van der Waals surface area contributed by atoms with Gasteiger partial charge in [-0.3, -0.25) is 9.97 Å². The first-order valence-electron chi connectivity index (χ1n) is 9.70. The van der Waals surface area contributed by atoms with Gasteiger partial charge in [-0.25, -0.2) is 15.0 Å². The van der Waals surface area contributed by atoms with Gasteiger partial charge in [-0.2, -0.15) is 5.26 Å². The Morgan fingerprint density at radius 2 is 1.76 bits per heavy atom. The minimum Gasteiger partial charge on any atom is -0.355 e. The summed E-state index contributed by atoms with van der Waals surface area (Å²) in [6.45, 7) is 3.34. The van der Waals surface area contributed by atoms with Gasteiger partial charge in [0.2, 0.25) is 5.95 Å². The maximum absolute atomic E-state index is 9.14. The molecule has 2 saturated heterocycles. The van der Waals surface area contributed by atoms with Crippen molar-refractivity contribution in [2.75, 3.05) is 36.0 Å². The number of pyridine rings is 1. The monoisotopic (exact) mass is 450 g/mol. The molecular formula is C20H19BrN8. The Hall–Kier alpha value is -2.86. The Balaban J connectivity index is 1.32. The van der Waals surface area contributed by atoms with E-state index in [1.165, 1.54) is 0 Å². The lowest BCUT2D eigenvalue weighted by atomic mass is 9.94. The molecule has 8 nitrogen and oxygen atoms in total. The predicted molar refractivity (Wildman–Crippen MR) is 113 cm³/mol. The van der Waals surface area contributed by atoms with Crippen molar-refractivity contribution in [2.24, 2.45) is 5.92 Å². The van der Waals surface area contributed by atoms with Gasteiger partial charge in [0.25, 0.3) is 0 Å². The van der Waals surface area contributed by atoms with Crippen molar-refractivity contribution < 1.29 is 0 Å². The first-order valence-corrected chi connectivity index (χ1v) is 10.5. The van der Waals surface area contributed by atoms with Crippen molar-refractivity contribution >= 4 is 38.7 Å². The number of hydrogen-bond donors (Lipinski definition) is 0. The second-order valence-corrected chi connectivity index (χ2v) is 8.40. The maximum atomic E-state index is 9.14. The molecule has 2 aliphatic rings. The summed E-state index contributed by atoms with van der Waals surface area (Å²) in [5, 5.41) is 9.14. The van der Waals surface area contributed by atoms with E-state index in [4.69, 9.17) is 5.26 Å². The van der Waals surface area contributed by atoms with Crippen LogP contribution in [0.2, 0.25) is 0 Å². The van der Waals surface area contributed by atoms with Gasteiger partial charge in [0.1, 0.15) is 5.52 Å². The molecule has 0 bridgehead atoms. The van der Waals surface area contributed by atoms with Crippen LogP contribution in [0.3, 0.4) is 0 Å². The lowest BCUT2D eigenvalue weighted by Crippen LogP contribution is -2.47. The Morgan fingerprint density at radius 3 is 2.55 bits per heavy atom. The largest absolute Gasteiger partial charge is 0.355 e. The molecule has 29 heavy (non-hydrogen) atoms. The van der Waals surface area contributed by atoms with Crippen LogP contribution in [0.25, 0.3) is 11.0 Å². The molecule has 3 aromatic rings. The number of rotatable bonds is 3. The van der Waals surface area contributed by atoms with Gasteiger partial charge in [0.15, 0.2) is 5.82 Å². The third-order valence-electron chi connectivity index (χ3n) is 5.62. The van der Waals surface area contributed by atoms with E-state index in [0.29, 0.717) is 11.9 Å². The summed E-state index contributed by atoms with van der Waals surface area (Å²) in [6, 6.07) is 4.34. The second-order valence-electron chi connectivity index (χ2n) is 7.49. The average Bonchev–Trinajstić information content (AvgIpc) is 2.73. The van der Waals surface area contributed by atoms with E-state index in [-0.39, 0.29) is 5.92 Å². The maximum Gasteiger partial charge on any atom is 0.226 e. The molecule has 0 amide bonds. The number of piperidine rings is 1. The predicted octanol–water partition coefficient (Wildman–Crippen LogP) is 2.92. The van der Waals surface area contributed by atoms with Crippen LogP contribution >= 0.6 is 15.9 Å². The van der Waals surface area contributed by atoms with Crippen LogP contribution in [0.1, 0.15) is 24.5 Å². The molecular weight excluding hydrogens is 432 g/mol. The number of anilines is 2. The summed E-state index contributed by atoms with van der Waals surface area (Å²) in [7, 11) is 0. The first-order chi connectivity index (χ1) is 14.2. The Morgan fingerprint density at radius 1 is 0.966 bits per heavy atom. The zero-order valence-electron chi connectivity index (χ0n) is 15.7. The van der Waals surface area contributed by atoms with Crippen molar-refractivity contribution in [3.05, 3.63) is 41.0 Å². The van der Waals surface area contributed by atoms with Gasteiger partial charge >= 0.3 is 0 Å². The van der Waals surface area contributed by atoms with Crippen molar-refractivity contribution in [3.63, 3.8) is 0 Å². The molecule has 0 spiro atoms. The highest BCUT2D eigenvalue weighted by molar-refractivity contribution is 9.10. The summed E-state index contributed by atoms with van der Waals surface area (Å²) >= 11 is 3.45. The van der Waals surface area contributed by atoms with Crippen LogP contribution in [-0.2, 0) is 0 Å². The molecule has 0 saturated carbocycles. The van der Waals surface area contributed by atoms with E-state index in [0.717, 1.165) is 66.0 Å². The summed E-state index contributed by atoms with van der Waals surface area (Å²) in [4.78, 5) is 27.2. The van der Waals surface area contributed by atoms with Gasteiger partial charge in [0.05, 0.1) is 23.5 Å². The standard InChI is InChI=1S/C20H19BrN8/c21-15-7-16-17(25-9-15)10-26-20(27-16)29-11-14(12-29)18-19(24-4-3-23-18)28-5-1-13(8-22)2-6-28/h3-4,7,9-10,13-14H,1-2,5-6,11-12H2. The molecule has 5 rings (SSSR count). The third-order valence-corrected chi connectivity index (χ3v) is 6.05. The molecule has 146 valence electrons. The zero-order valence-corrected chi connectivity index (χ0v) is 17.3. The van der Waals surface area contributed by atoms with E-state index in [9.17, 15) is 0 Å². The Labute approximate surface area is 176 Å². The summed E-state index contributed by atoms with van der Waals surface area (Å²) in [5.74, 6) is 2.13. The van der Waals surface area contributed by atoms with Crippen LogP contribution in [0.4, 0.5) is 11.8 Å². The first kappa shape index (κ1) is 18.2. The highest BCUT2D eigenvalue weighted by atomic mass is 79.9. The number of halogens is 1.